The lowest BCUT2D eigenvalue weighted by atomic mass is 10.1. The van der Waals surface area contributed by atoms with E-state index in [4.69, 9.17) is 29.7 Å². The van der Waals surface area contributed by atoms with Crippen LogP contribution >= 0.6 is 7.82 Å². The number of nitrogens with zero attached hydrogens (tertiary/aromatic N) is 4. The fraction of sp³-hybridized carbons (Fsp3) is 0.615. The van der Waals surface area contributed by atoms with E-state index in [0.29, 0.717) is 17.6 Å². The summed E-state index contributed by atoms with van der Waals surface area (Å²) in [6, 6.07) is 0. The Hall–Kier alpha value is -1.66. The average molecular weight is 387 g/mol. The molecule has 2 aromatic rings. The van der Waals surface area contributed by atoms with Crippen molar-refractivity contribution < 1.29 is 33.1 Å². The maximum absolute atomic E-state index is 11.0. The van der Waals surface area contributed by atoms with Crippen molar-refractivity contribution in [3.05, 3.63) is 12.7 Å². The van der Waals surface area contributed by atoms with Gasteiger partial charge in [-0.3, -0.25) is 9.09 Å². The molecule has 0 bridgehead atoms. The van der Waals surface area contributed by atoms with Crippen molar-refractivity contribution in [2.24, 2.45) is 0 Å². The zero-order chi connectivity index (χ0) is 18.5. The quantitative estimate of drug-likeness (QED) is 0.588. The molecule has 0 amide bonds. The van der Waals surface area contributed by atoms with Crippen LogP contribution in [0.3, 0.4) is 0 Å². The highest BCUT2D eigenvalue weighted by atomic mass is 31.2. The van der Waals surface area contributed by atoms with E-state index in [2.05, 4.69) is 19.5 Å². The van der Waals surface area contributed by atoms with Crippen LogP contribution in [0.4, 0.5) is 5.82 Å². The normalized spacial score (nSPS) is 31.6. The predicted octanol–water partition coefficient (Wildman–Crippen LogP) is -0.0647. The Labute approximate surface area is 147 Å². The second-order valence-electron chi connectivity index (χ2n) is 5.97. The molecule has 1 unspecified atom stereocenters. The average Bonchev–Trinajstić information content (AvgIpc) is 3.25. The zero-order valence-electron chi connectivity index (χ0n) is 13.7. The Balaban J connectivity index is 1.65. The number of nitrogen functional groups attached to an aromatic ring is 1. The Kier molecular flexibility index (Phi) is 4.43. The van der Waals surface area contributed by atoms with Crippen molar-refractivity contribution in [1.29, 1.82) is 0 Å². The molecule has 2 fully saturated rings. The number of ether oxygens (including phenoxy) is 3. The van der Waals surface area contributed by atoms with Crippen LogP contribution in [0.2, 0.25) is 0 Å². The Morgan fingerprint density at radius 2 is 2.04 bits per heavy atom. The lowest BCUT2D eigenvalue weighted by Gasteiger charge is -2.20. The van der Waals surface area contributed by atoms with Crippen LogP contribution in [0.25, 0.3) is 11.2 Å². The van der Waals surface area contributed by atoms with Crippen molar-refractivity contribution in [3.8, 4) is 0 Å². The van der Waals surface area contributed by atoms with Crippen molar-refractivity contribution in [2.75, 3.05) is 12.3 Å². The van der Waals surface area contributed by atoms with Gasteiger partial charge in [0.25, 0.3) is 0 Å². The number of anilines is 1. The summed E-state index contributed by atoms with van der Waals surface area (Å²) < 4.78 is 34.9. The summed E-state index contributed by atoms with van der Waals surface area (Å²) in [6.07, 6.45) is 0.539. The molecule has 0 radical (unpaired) electrons. The molecule has 0 aromatic carbocycles. The third-order valence-corrected chi connectivity index (χ3v) is 4.79. The van der Waals surface area contributed by atoms with E-state index in [-0.39, 0.29) is 12.4 Å². The third-order valence-electron chi connectivity index (χ3n) is 4.30. The summed E-state index contributed by atoms with van der Waals surface area (Å²) in [7, 11) is -4.63. The van der Waals surface area contributed by atoms with Crippen molar-refractivity contribution >= 4 is 24.8 Å². The van der Waals surface area contributed by atoms with Crippen LogP contribution in [0.5, 0.6) is 0 Å². The van der Waals surface area contributed by atoms with Crippen molar-refractivity contribution in [2.45, 2.75) is 44.2 Å². The highest BCUT2D eigenvalue weighted by Gasteiger charge is 2.53. The molecule has 5 atom stereocenters. The maximum Gasteiger partial charge on any atom is 0.469 e. The summed E-state index contributed by atoms with van der Waals surface area (Å²) in [4.78, 5) is 30.2. The first-order chi connectivity index (χ1) is 12.4. The second kappa shape index (κ2) is 6.50. The number of rotatable bonds is 5. The molecule has 13 heteroatoms. The molecule has 0 spiro atoms. The maximum atomic E-state index is 11.0. The van der Waals surface area contributed by atoms with E-state index in [1.807, 2.05) is 6.92 Å². The number of fused-ring (bicyclic) bond motifs is 2. The molecular formula is C13H18N5O7P. The fourth-order valence-corrected chi connectivity index (χ4v) is 3.52. The molecule has 4 N–H and O–H groups in total. The molecule has 2 aliphatic heterocycles. The van der Waals surface area contributed by atoms with Gasteiger partial charge in [0.05, 0.1) is 12.9 Å². The highest BCUT2D eigenvalue weighted by Crippen LogP contribution is 2.43. The van der Waals surface area contributed by atoms with Gasteiger partial charge in [0.15, 0.2) is 24.0 Å². The molecule has 4 rings (SSSR count). The van der Waals surface area contributed by atoms with Gasteiger partial charge >= 0.3 is 7.82 Å². The minimum absolute atomic E-state index is 0.236. The molecule has 2 aliphatic rings. The standard InChI is InChI=1S/C13H18N5O7P/c1-2-7-24-9-6(3-22-26(19,20)21)23-13(10(9)25-7)18-5-17-8-11(14)15-4-16-12(8)18/h4-7,9-10,13H,2-3H2,1H3,(H2,14,15,16)(H2,19,20,21)/t6-,7?,9-,10-,13-/m1/s1. The topological polar surface area (TPSA) is 164 Å². The predicted molar refractivity (Wildman–Crippen MR) is 85.5 cm³/mol. The lowest BCUT2D eigenvalue weighted by molar-refractivity contribution is -0.150. The first kappa shape index (κ1) is 17.7. The largest absolute Gasteiger partial charge is 0.469 e. The Bertz CT molecular complexity index is 857. The van der Waals surface area contributed by atoms with Gasteiger partial charge in [-0.25, -0.2) is 19.5 Å². The van der Waals surface area contributed by atoms with Gasteiger partial charge in [-0.15, -0.1) is 0 Å². The van der Waals surface area contributed by atoms with Crippen LogP contribution in [-0.4, -0.2) is 60.5 Å². The summed E-state index contributed by atoms with van der Waals surface area (Å²) >= 11 is 0. The van der Waals surface area contributed by atoms with E-state index < -0.39 is 38.7 Å². The SMILES string of the molecule is CCC1O[C@@H]2[C@H](O1)[C@@H](COP(=O)(O)O)O[C@H]2n1cnc2c(N)ncnc21. The molecule has 2 aromatic heterocycles. The third kappa shape index (κ3) is 3.09. The van der Waals surface area contributed by atoms with Gasteiger partial charge in [-0.2, -0.15) is 0 Å². The molecule has 2 saturated heterocycles. The second-order valence-corrected chi connectivity index (χ2v) is 7.21. The summed E-state index contributed by atoms with van der Waals surface area (Å²) in [5, 5.41) is 0. The Morgan fingerprint density at radius 1 is 1.27 bits per heavy atom. The van der Waals surface area contributed by atoms with Crippen LogP contribution in [0.15, 0.2) is 12.7 Å². The van der Waals surface area contributed by atoms with Gasteiger partial charge in [-0.1, -0.05) is 6.92 Å². The first-order valence-electron chi connectivity index (χ1n) is 7.97. The highest BCUT2D eigenvalue weighted by molar-refractivity contribution is 7.46. The lowest BCUT2D eigenvalue weighted by Crippen LogP contribution is -2.31. The van der Waals surface area contributed by atoms with Crippen LogP contribution in [0, 0.1) is 0 Å². The molecule has 4 heterocycles. The van der Waals surface area contributed by atoms with E-state index in [1.54, 1.807) is 4.57 Å². The Morgan fingerprint density at radius 3 is 2.77 bits per heavy atom. The van der Waals surface area contributed by atoms with E-state index in [9.17, 15) is 4.57 Å². The number of imidazole rings is 1. The van der Waals surface area contributed by atoms with Crippen LogP contribution in [0.1, 0.15) is 19.6 Å². The van der Waals surface area contributed by atoms with Gasteiger partial charge in [-0.05, 0) is 6.42 Å². The van der Waals surface area contributed by atoms with E-state index in [0.717, 1.165) is 0 Å². The number of hydrogen-bond acceptors (Lipinski definition) is 9. The van der Waals surface area contributed by atoms with Gasteiger partial charge in [0.1, 0.15) is 30.2 Å². The fourth-order valence-electron chi connectivity index (χ4n) is 3.18. The molecule has 0 aliphatic carbocycles. The van der Waals surface area contributed by atoms with Crippen molar-refractivity contribution in [1.82, 2.24) is 19.5 Å². The number of aromatic nitrogens is 4. The number of hydrogen-bond donors (Lipinski definition) is 3. The molecule has 26 heavy (non-hydrogen) atoms. The molecule has 142 valence electrons. The monoisotopic (exact) mass is 387 g/mol. The summed E-state index contributed by atoms with van der Waals surface area (Å²) in [5.41, 5.74) is 6.70. The molecular weight excluding hydrogens is 369 g/mol. The van der Waals surface area contributed by atoms with E-state index in [1.165, 1.54) is 12.7 Å². The van der Waals surface area contributed by atoms with Crippen molar-refractivity contribution in [3.63, 3.8) is 0 Å². The van der Waals surface area contributed by atoms with Gasteiger partial charge < -0.3 is 29.7 Å². The van der Waals surface area contributed by atoms with Gasteiger partial charge in [0, 0.05) is 0 Å². The van der Waals surface area contributed by atoms with E-state index >= 15 is 0 Å². The number of phosphoric acid groups is 1. The van der Waals surface area contributed by atoms with Crippen LogP contribution < -0.4 is 5.73 Å². The molecule has 12 nitrogen and oxygen atoms in total. The molecule has 0 saturated carbocycles. The number of phosphoric ester groups is 1. The minimum atomic E-state index is -4.63. The zero-order valence-corrected chi connectivity index (χ0v) is 14.6. The smallest absolute Gasteiger partial charge is 0.382 e. The number of nitrogens with two attached hydrogens (primary N) is 1. The first-order valence-corrected chi connectivity index (χ1v) is 9.50. The minimum Gasteiger partial charge on any atom is -0.382 e. The summed E-state index contributed by atoms with van der Waals surface area (Å²) in [5.74, 6) is 0.236. The van der Waals surface area contributed by atoms with Gasteiger partial charge in [0.2, 0.25) is 0 Å². The summed E-state index contributed by atoms with van der Waals surface area (Å²) in [6.45, 7) is 1.56. The van der Waals surface area contributed by atoms with Crippen LogP contribution in [-0.2, 0) is 23.3 Å².